The summed E-state index contributed by atoms with van der Waals surface area (Å²) in [6.45, 7) is 4.43. The first kappa shape index (κ1) is 33.8. The molecule has 0 aliphatic carbocycles. The Hall–Kier alpha value is -2.37. The van der Waals surface area contributed by atoms with Crippen LogP contribution in [0.5, 0.6) is 0 Å². The van der Waals surface area contributed by atoms with Gasteiger partial charge < -0.3 is 14.8 Å². The Morgan fingerprint density at radius 2 is 1.45 bits per heavy atom. The van der Waals surface area contributed by atoms with E-state index in [4.69, 9.17) is 9.47 Å². The van der Waals surface area contributed by atoms with Crippen LogP contribution in [0.4, 0.5) is 0 Å². The van der Waals surface area contributed by atoms with Gasteiger partial charge in [0.1, 0.15) is 18.2 Å². The molecule has 1 amide bonds. The molecule has 0 radical (unpaired) electrons. The first-order valence-corrected chi connectivity index (χ1v) is 16.2. The molecule has 1 aromatic rings. The van der Waals surface area contributed by atoms with Crippen molar-refractivity contribution in [2.75, 3.05) is 0 Å². The summed E-state index contributed by atoms with van der Waals surface area (Å²) in [5.41, 5.74) is 0.959. The third-order valence-electron chi connectivity index (χ3n) is 8.13. The number of carbonyl (C=O) groups excluding carboxylic acids is 3. The monoisotopic (exact) mass is 557 g/mol. The zero-order valence-corrected chi connectivity index (χ0v) is 25.2. The summed E-state index contributed by atoms with van der Waals surface area (Å²) < 4.78 is 11.5. The summed E-state index contributed by atoms with van der Waals surface area (Å²) >= 11 is 0. The third kappa shape index (κ3) is 13.8. The lowest BCUT2D eigenvalue weighted by Gasteiger charge is -2.37. The molecular formula is C34H55NO5. The average molecular weight is 558 g/mol. The van der Waals surface area contributed by atoms with Crippen LogP contribution in [0.25, 0.3) is 0 Å². The summed E-state index contributed by atoms with van der Waals surface area (Å²) in [7, 11) is 0. The molecule has 226 valence electrons. The summed E-state index contributed by atoms with van der Waals surface area (Å²) in [6, 6.07) is 8.89. The minimum atomic E-state index is -0.742. The predicted octanol–water partition coefficient (Wildman–Crippen LogP) is 7.86. The molecule has 6 heteroatoms. The van der Waals surface area contributed by atoms with Crippen LogP contribution in [0.1, 0.15) is 135 Å². The number of hydrogen-bond acceptors (Lipinski definition) is 5. The molecule has 2 rings (SSSR count). The zero-order chi connectivity index (χ0) is 28.8. The molecule has 1 aliphatic rings. The second kappa shape index (κ2) is 21.4. The summed E-state index contributed by atoms with van der Waals surface area (Å²) in [5, 5.41) is 2.64. The highest BCUT2D eigenvalue weighted by molar-refractivity contribution is 5.79. The van der Waals surface area contributed by atoms with Crippen LogP contribution in [0.3, 0.4) is 0 Å². The molecule has 4 atom stereocenters. The highest BCUT2D eigenvalue weighted by atomic mass is 16.6. The van der Waals surface area contributed by atoms with E-state index < -0.39 is 12.0 Å². The Balaban J connectivity index is 1.86. The molecule has 1 saturated heterocycles. The second-order valence-electron chi connectivity index (χ2n) is 11.6. The molecular weight excluding hydrogens is 502 g/mol. The predicted molar refractivity (Wildman–Crippen MR) is 161 cm³/mol. The van der Waals surface area contributed by atoms with Gasteiger partial charge in [0.05, 0.1) is 5.92 Å². The molecule has 1 N–H and O–H groups in total. The van der Waals surface area contributed by atoms with E-state index in [2.05, 4.69) is 19.2 Å². The normalized spacial score (nSPS) is 17.9. The SMILES string of the molecule is CCCCCCCCCCCCCC(C[C@@H]1OC(=O)[C@H]1CCCCCC)OC(=O)[C@H](Cc1ccccc1)NC=O. The van der Waals surface area contributed by atoms with Crippen LogP contribution in [-0.2, 0) is 30.3 Å². The smallest absolute Gasteiger partial charge is 0.329 e. The molecule has 0 aromatic heterocycles. The fraction of sp³-hybridized carbons (Fsp3) is 0.735. The minimum Gasteiger partial charge on any atom is -0.461 e. The van der Waals surface area contributed by atoms with E-state index in [-0.39, 0.29) is 24.1 Å². The largest absolute Gasteiger partial charge is 0.461 e. The third-order valence-corrected chi connectivity index (χ3v) is 8.13. The summed E-state index contributed by atoms with van der Waals surface area (Å²) in [6.07, 6.45) is 20.9. The van der Waals surface area contributed by atoms with Crippen LogP contribution in [0.2, 0.25) is 0 Å². The van der Waals surface area contributed by atoms with E-state index in [9.17, 15) is 14.4 Å². The van der Waals surface area contributed by atoms with Crippen LogP contribution in [0, 0.1) is 5.92 Å². The number of esters is 2. The number of benzene rings is 1. The van der Waals surface area contributed by atoms with Gasteiger partial charge in [0, 0.05) is 12.8 Å². The van der Waals surface area contributed by atoms with E-state index in [0.29, 0.717) is 19.3 Å². The Labute approximate surface area is 243 Å². The molecule has 0 saturated carbocycles. The van der Waals surface area contributed by atoms with Gasteiger partial charge in [-0.2, -0.15) is 0 Å². The number of nitrogens with one attached hydrogen (secondary N) is 1. The Kier molecular flexibility index (Phi) is 18.1. The average Bonchev–Trinajstić information content (AvgIpc) is 2.95. The fourth-order valence-corrected chi connectivity index (χ4v) is 5.61. The van der Waals surface area contributed by atoms with Crippen molar-refractivity contribution in [1.29, 1.82) is 0 Å². The summed E-state index contributed by atoms with van der Waals surface area (Å²) in [5.74, 6) is -0.636. The van der Waals surface area contributed by atoms with Crippen LogP contribution >= 0.6 is 0 Å². The topological polar surface area (TPSA) is 81.7 Å². The number of unbranched alkanes of at least 4 members (excludes halogenated alkanes) is 13. The first-order chi connectivity index (χ1) is 19.6. The quantitative estimate of drug-likeness (QED) is 0.0752. The molecule has 1 aromatic carbocycles. The fourth-order valence-electron chi connectivity index (χ4n) is 5.61. The molecule has 1 aliphatic heterocycles. The van der Waals surface area contributed by atoms with Crippen molar-refractivity contribution in [2.24, 2.45) is 5.92 Å². The maximum Gasteiger partial charge on any atom is 0.329 e. The van der Waals surface area contributed by atoms with Crippen molar-refractivity contribution in [3.05, 3.63) is 35.9 Å². The van der Waals surface area contributed by atoms with Crippen molar-refractivity contribution in [3.8, 4) is 0 Å². The molecule has 0 spiro atoms. The minimum absolute atomic E-state index is 0.0939. The first-order valence-electron chi connectivity index (χ1n) is 16.2. The maximum absolute atomic E-state index is 13.2. The molecule has 40 heavy (non-hydrogen) atoms. The van der Waals surface area contributed by atoms with Gasteiger partial charge >= 0.3 is 11.9 Å². The van der Waals surface area contributed by atoms with Crippen molar-refractivity contribution < 1.29 is 23.9 Å². The highest BCUT2D eigenvalue weighted by Crippen LogP contribution is 2.32. The van der Waals surface area contributed by atoms with Crippen molar-refractivity contribution in [3.63, 3.8) is 0 Å². The van der Waals surface area contributed by atoms with Crippen LogP contribution in [-0.4, -0.2) is 36.6 Å². The van der Waals surface area contributed by atoms with Gasteiger partial charge in [-0.05, 0) is 24.8 Å². The Bertz CT molecular complexity index is 814. The number of ether oxygens (including phenoxy) is 2. The number of rotatable bonds is 25. The van der Waals surface area contributed by atoms with E-state index in [1.807, 2.05) is 30.3 Å². The van der Waals surface area contributed by atoms with Gasteiger partial charge in [0.25, 0.3) is 0 Å². The number of amides is 1. The van der Waals surface area contributed by atoms with Gasteiger partial charge in [-0.25, -0.2) is 4.79 Å². The van der Waals surface area contributed by atoms with E-state index >= 15 is 0 Å². The standard InChI is InChI=1S/C34H55NO5/c1-3-5-7-9-10-11-12-13-14-15-19-23-29(26-32-30(33(37)40-32)24-20-8-6-4-2)39-34(38)31(35-27-36)25-28-21-17-16-18-22-28/h16-18,21-22,27,29-32H,3-15,19-20,23-26H2,1-2H3,(H,35,36)/t29?,30-,31-,32-/m0/s1. The lowest BCUT2D eigenvalue weighted by atomic mass is 9.86. The zero-order valence-electron chi connectivity index (χ0n) is 25.2. The van der Waals surface area contributed by atoms with Crippen LogP contribution < -0.4 is 5.32 Å². The lowest BCUT2D eigenvalue weighted by molar-refractivity contribution is -0.190. The lowest BCUT2D eigenvalue weighted by Crippen LogP contribution is -2.48. The number of hydrogen-bond donors (Lipinski definition) is 1. The molecule has 1 heterocycles. The highest BCUT2D eigenvalue weighted by Gasteiger charge is 2.43. The van der Waals surface area contributed by atoms with Crippen molar-refractivity contribution in [2.45, 2.75) is 154 Å². The van der Waals surface area contributed by atoms with Crippen LogP contribution in [0.15, 0.2) is 30.3 Å². The van der Waals surface area contributed by atoms with Gasteiger partial charge in [-0.1, -0.05) is 134 Å². The summed E-state index contributed by atoms with van der Waals surface area (Å²) in [4.78, 5) is 36.6. The van der Waals surface area contributed by atoms with Gasteiger partial charge in [-0.15, -0.1) is 0 Å². The van der Waals surface area contributed by atoms with E-state index in [1.165, 1.54) is 64.2 Å². The Morgan fingerprint density at radius 3 is 2.02 bits per heavy atom. The molecule has 1 fully saturated rings. The van der Waals surface area contributed by atoms with Gasteiger partial charge in [0.15, 0.2) is 0 Å². The Morgan fingerprint density at radius 1 is 0.875 bits per heavy atom. The van der Waals surface area contributed by atoms with E-state index in [1.54, 1.807) is 0 Å². The molecule has 6 nitrogen and oxygen atoms in total. The van der Waals surface area contributed by atoms with Gasteiger partial charge in [0.2, 0.25) is 6.41 Å². The second-order valence-corrected chi connectivity index (χ2v) is 11.6. The number of carbonyl (C=O) groups is 3. The molecule has 0 bridgehead atoms. The maximum atomic E-state index is 13.2. The van der Waals surface area contributed by atoms with Gasteiger partial charge in [-0.3, -0.25) is 9.59 Å². The van der Waals surface area contributed by atoms with Crippen molar-refractivity contribution >= 4 is 18.3 Å². The molecule has 1 unspecified atom stereocenters. The number of cyclic esters (lactones) is 1. The van der Waals surface area contributed by atoms with E-state index in [0.717, 1.165) is 50.5 Å². The van der Waals surface area contributed by atoms with Crippen molar-refractivity contribution in [1.82, 2.24) is 5.32 Å².